The van der Waals surface area contributed by atoms with Crippen molar-refractivity contribution in [2.75, 3.05) is 33.5 Å². The summed E-state index contributed by atoms with van der Waals surface area (Å²) >= 11 is 0. The molecule has 0 radical (unpaired) electrons. The van der Waals surface area contributed by atoms with Gasteiger partial charge in [0.25, 0.3) is 0 Å². The minimum Gasteiger partial charge on any atom is -0.497 e. The molecular formula is C27H27N7O2. The van der Waals surface area contributed by atoms with Gasteiger partial charge in [0.05, 0.1) is 55.5 Å². The molecule has 182 valence electrons. The molecule has 9 nitrogen and oxygen atoms in total. The lowest BCUT2D eigenvalue weighted by Gasteiger charge is -2.34. The molecule has 2 aromatic heterocycles. The molecule has 0 unspecified atom stereocenters. The maximum Gasteiger partial charge on any atom is 0.151 e. The lowest BCUT2D eigenvalue weighted by Crippen LogP contribution is -2.33. The average Bonchev–Trinajstić information content (AvgIpc) is 2.88. The zero-order chi connectivity index (χ0) is 25.3. The van der Waals surface area contributed by atoms with Gasteiger partial charge in [-0.05, 0) is 43.5 Å². The van der Waals surface area contributed by atoms with Crippen molar-refractivity contribution in [1.82, 2.24) is 19.9 Å². The minimum absolute atomic E-state index is 0.286. The van der Waals surface area contributed by atoms with Gasteiger partial charge in [-0.25, -0.2) is 15.0 Å². The van der Waals surface area contributed by atoms with Crippen LogP contribution in [0.4, 0.5) is 5.82 Å². The van der Waals surface area contributed by atoms with Gasteiger partial charge in [-0.15, -0.1) is 0 Å². The Morgan fingerprint density at radius 3 is 2.36 bits per heavy atom. The van der Waals surface area contributed by atoms with Crippen LogP contribution < -0.4 is 15.2 Å². The van der Waals surface area contributed by atoms with E-state index in [9.17, 15) is 5.26 Å². The number of likely N-dealkylation sites (N-methyl/N-ethyl adjacent to an activating group) is 1. The van der Waals surface area contributed by atoms with Gasteiger partial charge in [0.15, 0.2) is 5.82 Å². The number of methoxy groups -OCH3 is 2. The predicted molar refractivity (Wildman–Crippen MR) is 138 cm³/mol. The van der Waals surface area contributed by atoms with Crippen LogP contribution in [0.1, 0.15) is 36.2 Å². The van der Waals surface area contributed by atoms with Gasteiger partial charge in [0.1, 0.15) is 22.9 Å². The zero-order valence-corrected chi connectivity index (χ0v) is 20.5. The molecule has 1 aromatic carbocycles. The molecule has 1 fully saturated rings. The number of hydrogen-bond donors (Lipinski definition) is 1. The molecule has 0 amide bonds. The maximum atomic E-state index is 9.61. The molecule has 1 aliphatic carbocycles. The number of ether oxygens (including phenoxy) is 2. The van der Waals surface area contributed by atoms with Gasteiger partial charge in [-0.2, -0.15) is 5.26 Å². The molecule has 36 heavy (non-hydrogen) atoms. The van der Waals surface area contributed by atoms with Crippen molar-refractivity contribution in [2.24, 2.45) is 4.99 Å². The second-order valence-electron chi connectivity index (χ2n) is 9.06. The topological polar surface area (TPSA) is 123 Å². The molecule has 0 saturated heterocycles. The Morgan fingerprint density at radius 1 is 1.03 bits per heavy atom. The highest BCUT2D eigenvalue weighted by Gasteiger charge is 2.40. The van der Waals surface area contributed by atoms with E-state index in [0.29, 0.717) is 35.1 Å². The van der Waals surface area contributed by atoms with Crippen molar-refractivity contribution in [3.05, 3.63) is 65.9 Å². The third kappa shape index (κ3) is 4.22. The largest absolute Gasteiger partial charge is 0.497 e. The van der Waals surface area contributed by atoms with Gasteiger partial charge in [0.2, 0.25) is 0 Å². The van der Waals surface area contributed by atoms with Crippen molar-refractivity contribution >= 4 is 17.2 Å². The van der Waals surface area contributed by atoms with Gasteiger partial charge < -0.3 is 20.1 Å². The summed E-state index contributed by atoms with van der Waals surface area (Å²) in [7, 11) is 5.20. The Balaban J connectivity index is 1.50. The first-order valence-electron chi connectivity index (χ1n) is 11.7. The zero-order valence-electron chi connectivity index (χ0n) is 20.5. The number of rotatable bonds is 6. The predicted octanol–water partition coefficient (Wildman–Crippen LogP) is 3.82. The molecule has 1 saturated carbocycles. The van der Waals surface area contributed by atoms with Crippen LogP contribution >= 0.6 is 0 Å². The SMILES string of the molecule is COc1cc(OC)cc(C2=NC(c3nc(-c4ccc(C5(C#N)CCC5)nc4)cnc3N)=CN(C)C2)c1. The molecule has 0 atom stereocenters. The molecule has 3 aromatic rings. The first kappa shape index (κ1) is 23.3. The van der Waals surface area contributed by atoms with E-state index in [2.05, 4.69) is 16.0 Å². The van der Waals surface area contributed by atoms with E-state index in [1.54, 1.807) is 26.6 Å². The van der Waals surface area contributed by atoms with Crippen LogP contribution in [0.5, 0.6) is 11.5 Å². The Labute approximate surface area is 209 Å². The van der Waals surface area contributed by atoms with Crippen LogP contribution in [-0.2, 0) is 5.41 Å². The summed E-state index contributed by atoms with van der Waals surface area (Å²) in [6.07, 6.45) is 8.03. The second kappa shape index (κ2) is 9.30. The van der Waals surface area contributed by atoms with Crippen molar-refractivity contribution in [2.45, 2.75) is 24.7 Å². The fraction of sp³-hybridized carbons (Fsp3) is 0.296. The fourth-order valence-electron chi connectivity index (χ4n) is 4.45. The van der Waals surface area contributed by atoms with Gasteiger partial charge in [0, 0.05) is 36.6 Å². The van der Waals surface area contributed by atoms with Gasteiger partial charge in [-0.3, -0.25) is 4.98 Å². The van der Waals surface area contributed by atoms with E-state index in [0.717, 1.165) is 41.8 Å². The van der Waals surface area contributed by atoms with E-state index in [1.807, 2.05) is 48.5 Å². The summed E-state index contributed by atoms with van der Waals surface area (Å²) in [6, 6.07) is 12.0. The summed E-state index contributed by atoms with van der Waals surface area (Å²) in [6.45, 7) is 0.596. The summed E-state index contributed by atoms with van der Waals surface area (Å²) in [4.78, 5) is 20.7. The van der Waals surface area contributed by atoms with E-state index < -0.39 is 5.41 Å². The van der Waals surface area contributed by atoms with Crippen molar-refractivity contribution in [1.29, 1.82) is 5.26 Å². The monoisotopic (exact) mass is 481 g/mol. The normalized spacial score (nSPS) is 16.3. The number of aromatic nitrogens is 3. The number of nitriles is 1. The van der Waals surface area contributed by atoms with Gasteiger partial charge in [-0.1, -0.05) is 0 Å². The van der Waals surface area contributed by atoms with Crippen molar-refractivity contribution in [3.63, 3.8) is 0 Å². The molecule has 1 aliphatic heterocycles. The first-order valence-corrected chi connectivity index (χ1v) is 11.7. The number of pyridine rings is 1. The number of anilines is 1. The Morgan fingerprint density at radius 2 is 1.78 bits per heavy atom. The lowest BCUT2D eigenvalue weighted by molar-refractivity contribution is 0.316. The van der Waals surface area contributed by atoms with Crippen LogP contribution in [-0.4, -0.2) is 53.4 Å². The molecule has 9 heteroatoms. The minimum atomic E-state index is -0.456. The Kier molecular flexibility index (Phi) is 6.02. The average molecular weight is 482 g/mol. The number of aliphatic imine (C=N–C) groups is 1. The van der Waals surface area contributed by atoms with Gasteiger partial charge >= 0.3 is 0 Å². The molecule has 2 N–H and O–H groups in total. The number of nitrogens with zero attached hydrogens (tertiary/aromatic N) is 6. The third-order valence-corrected chi connectivity index (χ3v) is 6.70. The van der Waals surface area contributed by atoms with Crippen molar-refractivity contribution < 1.29 is 9.47 Å². The number of benzene rings is 1. The molecule has 3 heterocycles. The quantitative estimate of drug-likeness (QED) is 0.564. The molecular weight excluding hydrogens is 454 g/mol. The second-order valence-corrected chi connectivity index (χ2v) is 9.06. The summed E-state index contributed by atoms with van der Waals surface area (Å²) in [5, 5.41) is 9.61. The molecule has 5 rings (SSSR count). The van der Waals surface area contributed by atoms with E-state index >= 15 is 0 Å². The third-order valence-electron chi connectivity index (χ3n) is 6.70. The highest BCUT2D eigenvalue weighted by atomic mass is 16.5. The summed E-state index contributed by atoms with van der Waals surface area (Å²) in [5.41, 5.74) is 10.8. The Bertz CT molecular complexity index is 1380. The lowest BCUT2D eigenvalue weighted by atomic mass is 9.67. The summed E-state index contributed by atoms with van der Waals surface area (Å²) in [5.74, 6) is 1.65. The van der Waals surface area contributed by atoms with Crippen LogP contribution in [0.3, 0.4) is 0 Å². The number of nitrogens with two attached hydrogens (primary N) is 1. The highest BCUT2D eigenvalue weighted by molar-refractivity contribution is 6.06. The molecule has 0 spiro atoms. The number of nitrogen functional groups attached to an aromatic ring is 1. The van der Waals surface area contributed by atoms with E-state index in [1.165, 1.54) is 0 Å². The highest BCUT2D eigenvalue weighted by Crippen LogP contribution is 2.42. The first-order chi connectivity index (χ1) is 17.4. The smallest absolute Gasteiger partial charge is 0.151 e. The number of hydrogen-bond acceptors (Lipinski definition) is 9. The standard InChI is InChI=1S/C27H27N7O2/c1-34-14-22(18-9-19(35-2)11-20(10-18)36-3)32-23(15-34)25-26(29)31-13-21(33-25)17-5-6-24(30-12-17)27(16-28)7-4-8-27/h5-6,9-13,15H,4,7-8,14H2,1-3H3,(H2,29,31). The molecule has 0 bridgehead atoms. The van der Waals surface area contributed by atoms with Crippen LogP contribution in [0, 0.1) is 11.3 Å². The van der Waals surface area contributed by atoms with E-state index in [-0.39, 0.29) is 5.82 Å². The van der Waals surface area contributed by atoms with Crippen LogP contribution in [0.2, 0.25) is 0 Å². The van der Waals surface area contributed by atoms with Crippen LogP contribution in [0.15, 0.2) is 53.9 Å². The fourth-order valence-corrected chi connectivity index (χ4v) is 4.45. The van der Waals surface area contributed by atoms with Crippen LogP contribution in [0.25, 0.3) is 17.0 Å². The summed E-state index contributed by atoms with van der Waals surface area (Å²) < 4.78 is 10.9. The van der Waals surface area contributed by atoms with E-state index in [4.69, 9.17) is 25.2 Å². The molecule has 2 aliphatic rings. The Hall–Kier alpha value is -4.45. The van der Waals surface area contributed by atoms with Crippen molar-refractivity contribution in [3.8, 4) is 28.8 Å². The maximum absolute atomic E-state index is 9.61.